The molecule has 0 atom stereocenters. The maximum absolute atomic E-state index is 12.7. The van der Waals surface area contributed by atoms with Gasteiger partial charge in [0.2, 0.25) is 0 Å². The van der Waals surface area contributed by atoms with Crippen LogP contribution in [0.5, 0.6) is 0 Å². The Morgan fingerprint density at radius 2 is 1.88 bits per heavy atom. The molecule has 0 saturated heterocycles. The Morgan fingerprint density at radius 1 is 1.16 bits per heavy atom. The average Bonchev–Trinajstić information content (AvgIpc) is 3.29. The topological polar surface area (TPSA) is 75.4 Å². The number of amides is 1. The van der Waals surface area contributed by atoms with Crippen LogP contribution >= 0.6 is 0 Å². The van der Waals surface area contributed by atoms with E-state index in [4.69, 9.17) is 5.11 Å². The Balaban J connectivity index is 1.69. The van der Waals surface area contributed by atoms with E-state index in [2.05, 4.69) is 5.10 Å². The normalized spacial score (nSPS) is 14.6. The van der Waals surface area contributed by atoms with Gasteiger partial charge in [0.05, 0.1) is 6.04 Å². The van der Waals surface area contributed by atoms with E-state index in [1.165, 1.54) is 17.7 Å². The molecule has 1 aliphatic rings. The van der Waals surface area contributed by atoms with Crippen LogP contribution in [0.1, 0.15) is 47.8 Å². The van der Waals surface area contributed by atoms with E-state index >= 15 is 0 Å². The SMILES string of the molecule is O=C(O)CN(CCc1ccccc1)C(=O)c1ccn(C2CCCC2)n1. The number of carbonyl (C=O) groups excluding carboxylic acids is 1. The first kappa shape index (κ1) is 17.2. The van der Waals surface area contributed by atoms with E-state index in [0.717, 1.165) is 18.4 Å². The minimum Gasteiger partial charge on any atom is -0.480 e. The number of hydrogen-bond donors (Lipinski definition) is 1. The molecule has 1 fully saturated rings. The summed E-state index contributed by atoms with van der Waals surface area (Å²) in [6.45, 7) is 0.0351. The summed E-state index contributed by atoms with van der Waals surface area (Å²) in [4.78, 5) is 25.2. The van der Waals surface area contributed by atoms with Gasteiger partial charge in [-0.15, -0.1) is 0 Å². The molecule has 2 aromatic rings. The largest absolute Gasteiger partial charge is 0.480 e. The molecule has 1 aromatic carbocycles. The van der Waals surface area contributed by atoms with Crippen molar-refractivity contribution in [1.29, 1.82) is 0 Å². The van der Waals surface area contributed by atoms with Crippen LogP contribution in [-0.4, -0.2) is 44.8 Å². The van der Waals surface area contributed by atoms with Crippen molar-refractivity contribution in [3.63, 3.8) is 0 Å². The van der Waals surface area contributed by atoms with Crippen molar-refractivity contribution < 1.29 is 14.7 Å². The highest BCUT2D eigenvalue weighted by atomic mass is 16.4. The molecule has 25 heavy (non-hydrogen) atoms. The highest BCUT2D eigenvalue weighted by Gasteiger charge is 2.23. The number of nitrogens with zero attached hydrogens (tertiary/aromatic N) is 3. The van der Waals surface area contributed by atoms with Crippen LogP contribution in [-0.2, 0) is 11.2 Å². The zero-order valence-electron chi connectivity index (χ0n) is 14.2. The van der Waals surface area contributed by atoms with Gasteiger partial charge < -0.3 is 10.0 Å². The van der Waals surface area contributed by atoms with Gasteiger partial charge in [0.25, 0.3) is 5.91 Å². The first-order valence-electron chi connectivity index (χ1n) is 8.73. The maximum atomic E-state index is 12.7. The van der Waals surface area contributed by atoms with E-state index in [9.17, 15) is 9.59 Å². The van der Waals surface area contributed by atoms with Crippen LogP contribution in [0.25, 0.3) is 0 Å². The number of carboxylic acid groups (broad SMARTS) is 1. The first-order valence-corrected chi connectivity index (χ1v) is 8.73. The van der Waals surface area contributed by atoms with Gasteiger partial charge in [-0.2, -0.15) is 5.10 Å². The molecule has 1 heterocycles. The zero-order chi connectivity index (χ0) is 17.6. The van der Waals surface area contributed by atoms with Crippen LogP contribution in [0.2, 0.25) is 0 Å². The third kappa shape index (κ3) is 4.47. The summed E-state index contributed by atoms with van der Waals surface area (Å²) >= 11 is 0. The minimum absolute atomic E-state index is 0.318. The van der Waals surface area contributed by atoms with Crippen LogP contribution < -0.4 is 0 Å². The van der Waals surface area contributed by atoms with Gasteiger partial charge in [-0.05, 0) is 30.9 Å². The van der Waals surface area contributed by atoms with Crippen molar-refractivity contribution in [3.05, 3.63) is 53.9 Å². The summed E-state index contributed by atoms with van der Waals surface area (Å²) in [6.07, 6.45) is 7.00. The van der Waals surface area contributed by atoms with Gasteiger partial charge in [0.1, 0.15) is 12.2 Å². The Bertz CT molecular complexity index is 721. The van der Waals surface area contributed by atoms with E-state index in [1.807, 2.05) is 41.2 Å². The predicted molar refractivity (Wildman–Crippen MR) is 93.4 cm³/mol. The van der Waals surface area contributed by atoms with Gasteiger partial charge in [-0.3, -0.25) is 14.3 Å². The van der Waals surface area contributed by atoms with Gasteiger partial charge in [-0.25, -0.2) is 0 Å². The van der Waals surface area contributed by atoms with Crippen LogP contribution in [0.4, 0.5) is 0 Å². The average molecular weight is 341 g/mol. The molecule has 1 aromatic heterocycles. The number of rotatable bonds is 7. The maximum Gasteiger partial charge on any atom is 0.323 e. The number of benzene rings is 1. The summed E-state index contributed by atoms with van der Waals surface area (Å²) in [5, 5.41) is 13.5. The highest BCUT2D eigenvalue weighted by Crippen LogP contribution is 2.28. The Morgan fingerprint density at radius 3 is 2.56 bits per heavy atom. The van der Waals surface area contributed by atoms with Gasteiger partial charge in [0, 0.05) is 12.7 Å². The van der Waals surface area contributed by atoms with Gasteiger partial charge in [0.15, 0.2) is 0 Å². The Labute approximate surface area is 147 Å². The van der Waals surface area contributed by atoms with Gasteiger partial charge >= 0.3 is 5.97 Å². The lowest BCUT2D eigenvalue weighted by Gasteiger charge is -2.19. The third-order valence-electron chi connectivity index (χ3n) is 4.65. The standard InChI is InChI=1S/C19H23N3O3/c23-18(24)14-21(12-10-15-6-2-1-3-7-15)19(25)17-11-13-22(20-17)16-8-4-5-9-16/h1-3,6-7,11,13,16H,4-5,8-10,12,14H2,(H,23,24). The number of aromatic nitrogens is 2. The lowest BCUT2D eigenvalue weighted by molar-refractivity contribution is -0.137. The number of hydrogen-bond acceptors (Lipinski definition) is 3. The minimum atomic E-state index is -1.02. The summed E-state index contributed by atoms with van der Waals surface area (Å²) in [6, 6.07) is 11.8. The lowest BCUT2D eigenvalue weighted by Crippen LogP contribution is -2.37. The quantitative estimate of drug-likeness (QED) is 0.840. The fourth-order valence-corrected chi connectivity index (χ4v) is 3.31. The molecule has 132 valence electrons. The van der Waals surface area contributed by atoms with Crippen LogP contribution in [0, 0.1) is 0 Å². The smallest absolute Gasteiger partial charge is 0.323 e. The molecule has 1 N–H and O–H groups in total. The molecule has 6 nitrogen and oxygen atoms in total. The van der Waals surface area contributed by atoms with E-state index in [1.54, 1.807) is 6.07 Å². The highest BCUT2D eigenvalue weighted by molar-refractivity contribution is 5.94. The fraction of sp³-hybridized carbons (Fsp3) is 0.421. The zero-order valence-corrected chi connectivity index (χ0v) is 14.2. The monoisotopic (exact) mass is 341 g/mol. The summed E-state index contributed by atoms with van der Waals surface area (Å²) in [7, 11) is 0. The van der Waals surface area contributed by atoms with Gasteiger partial charge in [-0.1, -0.05) is 43.2 Å². The second-order valence-electron chi connectivity index (χ2n) is 6.48. The van der Waals surface area contributed by atoms with Crippen LogP contribution in [0.3, 0.4) is 0 Å². The van der Waals surface area contributed by atoms with Crippen molar-refractivity contribution in [2.45, 2.75) is 38.1 Å². The van der Waals surface area contributed by atoms with Crippen molar-refractivity contribution >= 4 is 11.9 Å². The second-order valence-corrected chi connectivity index (χ2v) is 6.48. The number of carbonyl (C=O) groups is 2. The predicted octanol–water partition coefficient (Wildman–Crippen LogP) is 2.77. The van der Waals surface area contributed by atoms with E-state index < -0.39 is 5.97 Å². The van der Waals surface area contributed by atoms with Crippen molar-refractivity contribution in [2.75, 3.05) is 13.1 Å². The Kier molecular flexibility index (Phi) is 5.48. The second kappa shape index (κ2) is 7.96. The third-order valence-corrected chi connectivity index (χ3v) is 4.65. The first-order chi connectivity index (χ1) is 12.1. The van der Waals surface area contributed by atoms with Crippen molar-refractivity contribution in [3.8, 4) is 0 Å². The van der Waals surface area contributed by atoms with E-state index in [-0.39, 0.29) is 12.5 Å². The fourth-order valence-electron chi connectivity index (χ4n) is 3.31. The molecular weight excluding hydrogens is 318 g/mol. The molecule has 0 unspecified atom stereocenters. The molecular formula is C19H23N3O3. The summed E-state index contributed by atoms with van der Waals surface area (Å²) < 4.78 is 1.86. The molecule has 0 radical (unpaired) electrons. The molecule has 0 spiro atoms. The summed E-state index contributed by atoms with van der Waals surface area (Å²) in [5.41, 5.74) is 1.39. The lowest BCUT2D eigenvalue weighted by atomic mass is 10.1. The van der Waals surface area contributed by atoms with E-state index in [0.29, 0.717) is 24.7 Å². The number of aliphatic carboxylic acids is 1. The molecule has 0 aliphatic heterocycles. The molecule has 0 bridgehead atoms. The van der Waals surface area contributed by atoms with Crippen molar-refractivity contribution in [2.24, 2.45) is 0 Å². The molecule has 1 amide bonds. The summed E-state index contributed by atoms with van der Waals surface area (Å²) in [5.74, 6) is -1.34. The van der Waals surface area contributed by atoms with Crippen molar-refractivity contribution in [1.82, 2.24) is 14.7 Å². The Hall–Kier alpha value is -2.63. The van der Waals surface area contributed by atoms with Crippen LogP contribution in [0.15, 0.2) is 42.6 Å². The number of carboxylic acids is 1. The molecule has 6 heteroatoms. The molecule has 3 rings (SSSR count). The molecule has 1 saturated carbocycles. The molecule has 1 aliphatic carbocycles.